The van der Waals surface area contributed by atoms with Crippen molar-refractivity contribution in [1.82, 2.24) is 15.5 Å². The molecule has 5 nitrogen and oxygen atoms in total. The fraction of sp³-hybridized carbons (Fsp3) is 0.667. The van der Waals surface area contributed by atoms with Crippen molar-refractivity contribution >= 4 is 29.9 Å². The summed E-state index contributed by atoms with van der Waals surface area (Å²) in [5, 5.41) is 6.88. The lowest BCUT2D eigenvalue weighted by Gasteiger charge is -2.35. The van der Waals surface area contributed by atoms with Crippen molar-refractivity contribution in [3.63, 3.8) is 0 Å². The van der Waals surface area contributed by atoms with Crippen LogP contribution < -0.4 is 10.6 Å². The highest BCUT2D eigenvalue weighted by Crippen LogP contribution is 2.15. The lowest BCUT2D eigenvalue weighted by molar-refractivity contribution is -0.0679. The Kier molecular flexibility index (Phi) is 11.3. The van der Waals surface area contributed by atoms with E-state index in [0.29, 0.717) is 18.1 Å². The highest BCUT2D eigenvalue weighted by Gasteiger charge is 2.21. The van der Waals surface area contributed by atoms with Gasteiger partial charge in [-0.1, -0.05) is 36.8 Å². The van der Waals surface area contributed by atoms with Crippen molar-refractivity contribution in [2.24, 2.45) is 4.99 Å². The van der Waals surface area contributed by atoms with Gasteiger partial charge in [0.2, 0.25) is 0 Å². The minimum absolute atomic E-state index is 0. The minimum Gasteiger partial charge on any atom is -0.373 e. The highest BCUT2D eigenvalue weighted by atomic mass is 127. The number of aryl methyl sites for hydroxylation is 1. The van der Waals surface area contributed by atoms with E-state index in [0.717, 1.165) is 45.1 Å². The third kappa shape index (κ3) is 8.79. The number of halogens is 1. The number of nitrogens with one attached hydrogen (secondary N) is 2. The number of rotatable bonds is 7. The van der Waals surface area contributed by atoms with E-state index in [1.54, 1.807) is 0 Å². The Morgan fingerprint density at radius 3 is 2.59 bits per heavy atom. The van der Waals surface area contributed by atoms with Gasteiger partial charge in [-0.3, -0.25) is 9.89 Å². The molecule has 0 radical (unpaired) electrons. The Hall–Kier alpha value is -0.860. The quantitative estimate of drug-likeness (QED) is 0.268. The molecule has 0 amide bonds. The second-order valence-electron chi connectivity index (χ2n) is 7.57. The summed E-state index contributed by atoms with van der Waals surface area (Å²) in [5.74, 6) is 1.33. The van der Waals surface area contributed by atoms with E-state index in [9.17, 15) is 0 Å². The minimum atomic E-state index is 0. The molecule has 1 aromatic rings. The number of benzene rings is 1. The summed E-state index contributed by atoms with van der Waals surface area (Å²) in [6.07, 6.45) is 1.78. The van der Waals surface area contributed by atoms with Gasteiger partial charge >= 0.3 is 0 Å². The third-order valence-corrected chi connectivity index (χ3v) is 4.85. The van der Waals surface area contributed by atoms with Gasteiger partial charge in [-0.15, -0.1) is 24.0 Å². The second kappa shape index (κ2) is 12.6. The van der Waals surface area contributed by atoms with Gasteiger partial charge in [0.25, 0.3) is 0 Å². The average Bonchev–Trinajstić information content (AvgIpc) is 2.60. The molecular formula is C21H37IN4O. The smallest absolute Gasteiger partial charge is 0.190 e. The number of nitrogens with zero attached hydrogens (tertiary/aromatic N) is 2. The summed E-state index contributed by atoms with van der Waals surface area (Å²) in [7, 11) is 1.83. The van der Waals surface area contributed by atoms with E-state index in [2.05, 4.69) is 72.5 Å². The summed E-state index contributed by atoms with van der Waals surface area (Å²) >= 11 is 0. The molecule has 6 heteroatoms. The number of hydrogen-bond acceptors (Lipinski definition) is 3. The van der Waals surface area contributed by atoms with Gasteiger partial charge < -0.3 is 15.4 Å². The summed E-state index contributed by atoms with van der Waals surface area (Å²) in [6.45, 7) is 13.7. The van der Waals surface area contributed by atoms with Gasteiger partial charge in [0, 0.05) is 39.8 Å². The Bertz CT molecular complexity index is 571. The molecule has 2 rings (SSSR count). The Balaban J connectivity index is 0.00000364. The van der Waals surface area contributed by atoms with Gasteiger partial charge in [0.05, 0.1) is 12.2 Å². The van der Waals surface area contributed by atoms with Crippen LogP contribution in [0.4, 0.5) is 0 Å². The maximum atomic E-state index is 5.79. The van der Waals surface area contributed by atoms with Crippen molar-refractivity contribution < 1.29 is 4.74 Å². The van der Waals surface area contributed by atoms with Crippen molar-refractivity contribution in [2.75, 3.05) is 39.8 Å². The molecule has 1 heterocycles. The molecule has 3 atom stereocenters. The number of aliphatic imine (C=N–C) groups is 1. The number of morpholine rings is 1. The van der Waals surface area contributed by atoms with E-state index in [4.69, 9.17) is 4.74 Å². The molecule has 27 heavy (non-hydrogen) atoms. The summed E-state index contributed by atoms with van der Waals surface area (Å²) < 4.78 is 5.79. The first-order chi connectivity index (χ1) is 12.5. The lowest BCUT2D eigenvalue weighted by atomic mass is 9.99. The van der Waals surface area contributed by atoms with E-state index in [-0.39, 0.29) is 24.0 Å². The molecule has 1 aromatic carbocycles. The van der Waals surface area contributed by atoms with Crippen LogP contribution in [0.3, 0.4) is 0 Å². The van der Waals surface area contributed by atoms with Crippen LogP contribution >= 0.6 is 24.0 Å². The summed E-state index contributed by atoms with van der Waals surface area (Å²) in [6, 6.07) is 8.72. The molecule has 0 bridgehead atoms. The Morgan fingerprint density at radius 2 is 1.96 bits per heavy atom. The first-order valence-corrected chi connectivity index (χ1v) is 9.86. The maximum absolute atomic E-state index is 5.79. The van der Waals surface area contributed by atoms with E-state index < -0.39 is 0 Å². The first kappa shape index (κ1) is 24.2. The van der Waals surface area contributed by atoms with Crippen LogP contribution in [0.2, 0.25) is 0 Å². The predicted molar refractivity (Wildman–Crippen MR) is 125 cm³/mol. The van der Waals surface area contributed by atoms with Gasteiger partial charge in [-0.05, 0) is 38.7 Å². The van der Waals surface area contributed by atoms with E-state index in [1.165, 1.54) is 11.1 Å². The topological polar surface area (TPSA) is 48.9 Å². The van der Waals surface area contributed by atoms with E-state index in [1.807, 2.05) is 7.05 Å². The fourth-order valence-electron chi connectivity index (χ4n) is 3.54. The Morgan fingerprint density at radius 1 is 1.26 bits per heavy atom. The third-order valence-electron chi connectivity index (χ3n) is 4.85. The lowest BCUT2D eigenvalue weighted by Crippen LogP contribution is -2.46. The van der Waals surface area contributed by atoms with Crippen molar-refractivity contribution in [1.29, 1.82) is 0 Å². The molecule has 1 aliphatic rings. The standard InChI is InChI=1S/C21H36N4O.HI/c1-16-8-6-9-20(12-16)17(2)13-24-21(22-5)23-10-7-11-25-14-18(3)26-19(4)15-25;/h6,8-9,12,17-19H,7,10-11,13-15H2,1-5H3,(H2,22,23,24);1H. The normalized spacial score (nSPS) is 22.0. The number of hydrogen-bond donors (Lipinski definition) is 2. The molecule has 2 N–H and O–H groups in total. The van der Waals surface area contributed by atoms with Gasteiger partial charge in [-0.25, -0.2) is 0 Å². The summed E-state index contributed by atoms with van der Waals surface area (Å²) in [4.78, 5) is 6.84. The molecule has 1 aliphatic heterocycles. The van der Waals surface area contributed by atoms with Gasteiger partial charge in [0.15, 0.2) is 5.96 Å². The van der Waals surface area contributed by atoms with Crippen LogP contribution in [-0.2, 0) is 4.74 Å². The van der Waals surface area contributed by atoms with Crippen molar-refractivity contribution in [3.8, 4) is 0 Å². The van der Waals surface area contributed by atoms with Gasteiger partial charge in [0.1, 0.15) is 0 Å². The SMILES string of the molecule is CN=C(NCCCN1CC(C)OC(C)C1)NCC(C)c1cccc(C)c1.I. The molecule has 0 aliphatic carbocycles. The molecule has 1 fully saturated rings. The van der Waals surface area contributed by atoms with Crippen LogP contribution in [0.1, 0.15) is 44.2 Å². The zero-order valence-electron chi connectivity index (χ0n) is 17.5. The molecule has 0 aromatic heterocycles. The molecule has 154 valence electrons. The Labute approximate surface area is 182 Å². The number of guanidine groups is 1. The maximum Gasteiger partial charge on any atom is 0.190 e. The van der Waals surface area contributed by atoms with Crippen molar-refractivity contribution in [3.05, 3.63) is 35.4 Å². The van der Waals surface area contributed by atoms with Crippen LogP contribution in [0.15, 0.2) is 29.3 Å². The molecule has 0 saturated carbocycles. The molecule has 1 saturated heterocycles. The van der Waals surface area contributed by atoms with Crippen LogP contribution in [0.5, 0.6) is 0 Å². The zero-order chi connectivity index (χ0) is 18.9. The molecule has 0 spiro atoms. The average molecular weight is 488 g/mol. The zero-order valence-corrected chi connectivity index (χ0v) is 19.8. The second-order valence-corrected chi connectivity index (χ2v) is 7.57. The molecular weight excluding hydrogens is 451 g/mol. The fourth-order valence-corrected chi connectivity index (χ4v) is 3.54. The summed E-state index contributed by atoms with van der Waals surface area (Å²) in [5.41, 5.74) is 2.67. The largest absolute Gasteiger partial charge is 0.373 e. The number of ether oxygens (including phenoxy) is 1. The first-order valence-electron chi connectivity index (χ1n) is 9.86. The van der Waals surface area contributed by atoms with Crippen LogP contribution in [0.25, 0.3) is 0 Å². The molecule has 3 unspecified atom stereocenters. The van der Waals surface area contributed by atoms with E-state index >= 15 is 0 Å². The highest BCUT2D eigenvalue weighted by molar-refractivity contribution is 14.0. The predicted octanol–water partition coefficient (Wildman–Crippen LogP) is 3.38. The van der Waals surface area contributed by atoms with Crippen LogP contribution in [0, 0.1) is 6.92 Å². The van der Waals surface area contributed by atoms with Crippen LogP contribution in [-0.4, -0.2) is 62.8 Å². The van der Waals surface area contributed by atoms with Crippen molar-refractivity contribution in [2.45, 2.75) is 52.2 Å². The monoisotopic (exact) mass is 488 g/mol. The van der Waals surface area contributed by atoms with Gasteiger partial charge in [-0.2, -0.15) is 0 Å².